The minimum Gasteiger partial charge on any atom is -0.378 e. The van der Waals surface area contributed by atoms with Crippen molar-refractivity contribution in [3.63, 3.8) is 0 Å². The van der Waals surface area contributed by atoms with Crippen LogP contribution in [0.4, 0.5) is 5.95 Å². The molecule has 1 fully saturated rings. The van der Waals surface area contributed by atoms with Crippen LogP contribution in [-0.2, 0) is 4.74 Å². The standard InChI is InChI=1S/C12H12ClN3OS/c13-8-1-2-10-9(7-8)11(18)15-12(14-10)16-3-5-17-6-4-16/h1-2,7H,3-6H2,(H,14,15,18). The normalized spacial score (nSPS) is 16.2. The number of nitrogens with one attached hydrogen (secondary N) is 1. The number of H-pyrrole nitrogens is 1. The van der Waals surface area contributed by atoms with Crippen LogP contribution in [0.25, 0.3) is 10.9 Å². The van der Waals surface area contributed by atoms with E-state index >= 15 is 0 Å². The fraction of sp³-hybridized carbons (Fsp3) is 0.333. The molecule has 0 amide bonds. The summed E-state index contributed by atoms with van der Waals surface area (Å²) in [7, 11) is 0. The number of nitrogens with zero attached hydrogens (tertiary/aromatic N) is 2. The summed E-state index contributed by atoms with van der Waals surface area (Å²) in [5.74, 6) is 0.804. The Balaban J connectivity index is 2.09. The van der Waals surface area contributed by atoms with Crippen LogP contribution in [0.5, 0.6) is 0 Å². The number of benzene rings is 1. The SMILES string of the molecule is S=c1nc(N2CCOCC2)[nH]c2ccc(Cl)cc12. The zero-order chi connectivity index (χ0) is 12.5. The van der Waals surface area contributed by atoms with Crippen LogP contribution >= 0.6 is 23.8 Å². The number of hydrogen-bond acceptors (Lipinski definition) is 4. The number of aromatic nitrogens is 2. The Kier molecular flexibility index (Phi) is 3.20. The van der Waals surface area contributed by atoms with Crippen LogP contribution < -0.4 is 4.90 Å². The van der Waals surface area contributed by atoms with Crippen molar-refractivity contribution in [1.82, 2.24) is 9.97 Å². The Hall–Kier alpha value is -1.17. The van der Waals surface area contributed by atoms with Crippen LogP contribution in [0, 0.1) is 4.64 Å². The number of ether oxygens (including phenoxy) is 1. The highest BCUT2D eigenvalue weighted by Gasteiger charge is 2.13. The number of rotatable bonds is 1. The smallest absolute Gasteiger partial charge is 0.204 e. The number of halogens is 1. The number of anilines is 1. The van der Waals surface area contributed by atoms with Gasteiger partial charge in [-0.1, -0.05) is 23.8 Å². The van der Waals surface area contributed by atoms with E-state index in [9.17, 15) is 0 Å². The molecule has 4 nitrogen and oxygen atoms in total. The lowest BCUT2D eigenvalue weighted by Crippen LogP contribution is -2.37. The van der Waals surface area contributed by atoms with Gasteiger partial charge in [-0.25, -0.2) is 4.98 Å². The molecule has 2 aromatic rings. The molecule has 2 heterocycles. The van der Waals surface area contributed by atoms with Crippen molar-refractivity contribution >= 4 is 40.7 Å². The van der Waals surface area contributed by atoms with Gasteiger partial charge in [-0.15, -0.1) is 0 Å². The van der Waals surface area contributed by atoms with Gasteiger partial charge in [0, 0.05) is 23.5 Å². The fourth-order valence-corrected chi connectivity index (χ4v) is 2.46. The summed E-state index contributed by atoms with van der Waals surface area (Å²) in [5, 5.41) is 1.55. The van der Waals surface area contributed by atoms with Crippen molar-refractivity contribution in [2.45, 2.75) is 0 Å². The Morgan fingerprint density at radius 1 is 1.33 bits per heavy atom. The molecule has 94 valence electrons. The van der Waals surface area contributed by atoms with E-state index in [1.165, 1.54) is 0 Å². The molecule has 0 radical (unpaired) electrons. The topological polar surface area (TPSA) is 41.2 Å². The lowest BCUT2D eigenvalue weighted by Gasteiger charge is -2.27. The van der Waals surface area contributed by atoms with E-state index in [0.29, 0.717) is 9.66 Å². The number of aromatic amines is 1. The Morgan fingerprint density at radius 3 is 2.89 bits per heavy atom. The van der Waals surface area contributed by atoms with E-state index in [2.05, 4.69) is 14.9 Å². The molecule has 0 atom stereocenters. The van der Waals surface area contributed by atoms with Gasteiger partial charge in [-0.05, 0) is 18.2 Å². The maximum absolute atomic E-state index is 5.96. The molecule has 1 aromatic heterocycles. The Labute approximate surface area is 115 Å². The maximum atomic E-state index is 5.96. The predicted octanol–water partition coefficient (Wildman–Crippen LogP) is 2.78. The lowest BCUT2D eigenvalue weighted by molar-refractivity contribution is 0.122. The lowest BCUT2D eigenvalue weighted by atomic mass is 10.2. The molecular weight excluding hydrogens is 270 g/mol. The summed E-state index contributed by atoms with van der Waals surface area (Å²) in [6.45, 7) is 3.11. The summed E-state index contributed by atoms with van der Waals surface area (Å²) >= 11 is 11.3. The molecule has 0 spiro atoms. The average Bonchev–Trinajstić information content (AvgIpc) is 2.40. The first kappa shape index (κ1) is 11.9. The Morgan fingerprint density at radius 2 is 2.11 bits per heavy atom. The minimum atomic E-state index is 0.577. The molecular formula is C12H12ClN3OS. The van der Waals surface area contributed by atoms with Gasteiger partial charge in [0.05, 0.1) is 18.7 Å². The van der Waals surface area contributed by atoms with Gasteiger partial charge in [-0.2, -0.15) is 0 Å². The van der Waals surface area contributed by atoms with Crippen molar-refractivity contribution < 1.29 is 4.74 Å². The third-order valence-electron chi connectivity index (χ3n) is 2.98. The Bertz CT molecular complexity index is 637. The highest BCUT2D eigenvalue weighted by molar-refractivity contribution is 7.71. The molecule has 3 rings (SSSR count). The van der Waals surface area contributed by atoms with E-state index < -0.39 is 0 Å². The van der Waals surface area contributed by atoms with Gasteiger partial charge in [0.25, 0.3) is 0 Å². The van der Waals surface area contributed by atoms with Gasteiger partial charge < -0.3 is 14.6 Å². The number of fused-ring (bicyclic) bond motifs is 1. The second-order valence-electron chi connectivity index (χ2n) is 4.15. The zero-order valence-electron chi connectivity index (χ0n) is 9.65. The molecule has 1 N–H and O–H groups in total. The molecule has 6 heteroatoms. The van der Waals surface area contributed by atoms with E-state index in [1.54, 1.807) is 0 Å². The predicted molar refractivity (Wildman–Crippen MR) is 75.0 cm³/mol. The van der Waals surface area contributed by atoms with E-state index in [0.717, 1.165) is 43.2 Å². The molecule has 0 aliphatic carbocycles. The highest BCUT2D eigenvalue weighted by Crippen LogP contribution is 2.21. The van der Waals surface area contributed by atoms with Crippen LogP contribution in [0.1, 0.15) is 0 Å². The van der Waals surface area contributed by atoms with Crippen LogP contribution in [0.15, 0.2) is 18.2 Å². The summed E-state index contributed by atoms with van der Waals surface area (Å²) in [6.07, 6.45) is 0. The van der Waals surface area contributed by atoms with Gasteiger partial charge in [0.1, 0.15) is 4.64 Å². The van der Waals surface area contributed by atoms with E-state index in [4.69, 9.17) is 28.6 Å². The second-order valence-corrected chi connectivity index (χ2v) is 4.98. The summed E-state index contributed by atoms with van der Waals surface area (Å²) < 4.78 is 5.90. The molecule has 18 heavy (non-hydrogen) atoms. The summed E-state index contributed by atoms with van der Waals surface area (Å²) in [6, 6.07) is 5.61. The van der Waals surface area contributed by atoms with Gasteiger partial charge >= 0.3 is 0 Å². The highest BCUT2D eigenvalue weighted by atomic mass is 35.5. The third kappa shape index (κ3) is 2.21. The zero-order valence-corrected chi connectivity index (χ0v) is 11.2. The first-order chi connectivity index (χ1) is 8.74. The minimum absolute atomic E-state index is 0.577. The molecule has 1 aliphatic heterocycles. The van der Waals surface area contributed by atoms with Crippen molar-refractivity contribution in [1.29, 1.82) is 0 Å². The molecule has 1 saturated heterocycles. The molecule has 0 saturated carbocycles. The third-order valence-corrected chi connectivity index (χ3v) is 3.52. The van der Waals surface area contributed by atoms with Gasteiger partial charge in [0.15, 0.2) is 0 Å². The van der Waals surface area contributed by atoms with E-state index in [1.807, 2.05) is 18.2 Å². The van der Waals surface area contributed by atoms with Crippen molar-refractivity contribution in [2.24, 2.45) is 0 Å². The maximum Gasteiger partial charge on any atom is 0.204 e. The van der Waals surface area contributed by atoms with Gasteiger partial charge in [-0.3, -0.25) is 0 Å². The number of morpholine rings is 1. The van der Waals surface area contributed by atoms with Crippen LogP contribution in [-0.4, -0.2) is 36.3 Å². The molecule has 0 unspecified atom stereocenters. The second kappa shape index (κ2) is 4.84. The van der Waals surface area contributed by atoms with Crippen LogP contribution in [0.2, 0.25) is 5.02 Å². The van der Waals surface area contributed by atoms with Crippen molar-refractivity contribution in [2.75, 3.05) is 31.2 Å². The molecule has 0 bridgehead atoms. The van der Waals surface area contributed by atoms with Crippen LogP contribution in [0.3, 0.4) is 0 Å². The van der Waals surface area contributed by atoms with Gasteiger partial charge in [0.2, 0.25) is 5.95 Å². The average molecular weight is 282 g/mol. The molecule has 1 aromatic carbocycles. The summed E-state index contributed by atoms with van der Waals surface area (Å²) in [5.41, 5.74) is 0.959. The first-order valence-corrected chi connectivity index (χ1v) is 6.55. The fourth-order valence-electron chi connectivity index (χ4n) is 2.03. The van der Waals surface area contributed by atoms with E-state index in [-0.39, 0.29) is 0 Å². The quantitative estimate of drug-likeness (QED) is 0.816. The number of hydrogen-bond donors (Lipinski definition) is 1. The summed E-state index contributed by atoms with van der Waals surface area (Å²) in [4.78, 5) is 9.88. The first-order valence-electron chi connectivity index (χ1n) is 5.76. The largest absolute Gasteiger partial charge is 0.378 e. The van der Waals surface area contributed by atoms with Crippen molar-refractivity contribution in [3.8, 4) is 0 Å². The monoisotopic (exact) mass is 281 g/mol. The molecule has 1 aliphatic rings. The van der Waals surface area contributed by atoms with Crippen molar-refractivity contribution in [3.05, 3.63) is 27.9 Å².